The molecule has 1 aromatic rings. The molecule has 5 nitrogen and oxygen atoms in total. The highest BCUT2D eigenvalue weighted by molar-refractivity contribution is 5.78. The topological polar surface area (TPSA) is 55.8 Å². The smallest absolute Gasteiger partial charge is 0.224 e. The zero-order chi connectivity index (χ0) is 17.5. The van der Waals surface area contributed by atoms with Gasteiger partial charge in [-0.15, -0.1) is 0 Å². The fourth-order valence-electron chi connectivity index (χ4n) is 4.16. The van der Waals surface area contributed by atoms with E-state index in [0.29, 0.717) is 12.6 Å². The molecule has 0 radical (unpaired) electrons. The van der Waals surface area contributed by atoms with Gasteiger partial charge in [0.25, 0.3) is 0 Å². The van der Waals surface area contributed by atoms with Gasteiger partial charge in [-0.05, 0) is 50.9 Å². The first-order chi connectivity index (χ1) is 12.3. The normalized spacial score (nSPS) is 23.5. The molecule has 138 valence electrons. The number of nitrogens with zero attached hydrogens (tertiary/aromatic N) is 2. The van der Waals surface area contributed by atoms with Gasteiger partial charge in [0.2, 0.25) is 5.91 Å². The van der Waals surface area contributed by atoms with Gasteiger partial charge in [0, 0.05) is 25.7 Å². The fourth-order valence-corrected chi connectivity index (χ4v) is 4.16. The third-order valence-electron chi connectivity index (χ3n) is 5.56. The highest BCUT2D eigenvalue weighted by atomic mass is 16.3. The molecule has 25 heavy (non-hydrogen) atoms. The van der Waals surface area contributed by atoms with Crippen LogP contribution in [0.3, 0.4) is 0 Å². The van der Waals surface area contributed by atoms with Crippen molar-refractivity contribution in [2.45, 2.75) is 38.3 Å². The molecule has 1 atom stereocenters. The summed E-state index contributed by atoms with van der Waals surface area (Å²) in [6.07, 6.45) is 4.46. The van der Waals surface area contributed by atoms with Gasteiger partial charge in [0.1, 0.15) is 0 Å². The van der Waals surface area contributed by atoms with Crippen molar-refractivity contribution in [2.24, 2.45) is 5.92 Å². The van der Waals surface area contributed by atoms with Crippen LogP contribution in [0, 0.1) is 5.92 Å². The molecule has 5 heteroatoms. The molecule has 0 aromatic heterocycles. The summed E-state index contributed by atoms with van der Waals surface area (Å²) < 4.78 is 0. The van der Waals surface area contributed by atoms with Gasteiger partial charge in [-0.25, -0.2) is 0 Å². The number of aliphatic hydroxyl groups is 1. The molecule has 1 aromatic carbocycles. The second-order valence-electron chi connectivity index (χ2n) is 7.34. The van der Waals surface area contributed by atoms with E-state index in [2.05, 4.69) is 45.4 Å². The van der Waals surface area contributed by atoms with Crippen LogP contribution in [0.15, 0.2) is 30.3 Å². The number of hydrogen-bond acceptors (Lipinski definition) is 4. The Balaban J connectivity index is 1.45. The quantitative estimate of drug-likeness (QED) is 0.820. The lowest BCUT2D eigenvalue weighted by Gasteiger charge is -2.42. The van der Waals surface area contributed by atoms with Crippen LogP contribution in [0.5, 0.6) is 0 Å². The largest absolute Gasteiger partial charge is 0.395 e. The summed E-state index contributed by atoms with van der Waals surface area (Å²) >= 11 is 0. The Hall–Kier alpha value is -1.43. The van der Waals surface area contributed by atoms with Crippen LogP contribution in [0.2, 0.25) is 0 Å². The van der Waals surface area contributed by atoms with Crippen LogP contribution in [0.25, 0.3) is 0 Å². The first-order valence-electron chi connectivity index (χ1n) is 9.65. The zero-order valence-corrected chi connectivity index (χ0v) is 15.1. The number of likely N-dealkylation sites (tertiary alicyclic amines) is 2. The first kappa shape index (κ1) is 18.4. The van der Waals surface area contributed by atoms with Gasteiger partial charge >= 0.3 is 0 Å². The molecule has 3 rings (SSSR count). The number of piperidine rings is 2. The van der Waals surface area contributed by atoms with Crippen molar-refractivity contribution in [1.29, 1.82) is 0 Å². The standard InChI is InChI=1S/C20H31N3O2/c24-14-10-21-20(25)18-7-4-11-23(16-18)19-8-12-22(13-9-19)15-17-5-2-1-3-6-17/h1-3,5-6,18-19,24H,4,7-16H2,(H,21,25). The Labute approximate surface area is 151 Å². The van der Waals surface area contributed by atoms with Crippen molar-refractivity contribution in [3.05, 3.63) is 35.9 Å². The molecule has 1 unspecified atom stereocenters. The minimum atomic E-state index is 0.0159. The number of carbonyl (C=O) groups is 1. The van der Waals surface area contributed by atoms with Crippen LogP contribution in [-0.2, 0) is 11.3 Å². The maximum Gasteiger partial charge on any atom is 0.224 e. The lowest BCUT2D eigenvalue weighted by Crippen LogP contribution is -2.50. The Morgan fingerprint density at radius 1 is 1.12 bits per heavy atom. The summed E-state index contributed by atoms with van der Waals surface area (Å²) in [6.45, 7) is 5.69. The number of rotatable bonds is 6. The third kappa shape index (κ3) is 5.27. The van der Waals surface area contributed by atoms with E-state index in [-0.39, 0.29) is 18.4 Å². The predicted octanol–water partition coefficient (Wildman–Crippen LogP) is 1.47. The molecule has 0 saturated carbocycles. The predicted molar refractivity (Wildman–Crippen MR) is 99.1 cm³/mol. The summed E-state index contributed by atoms with van der Waals surface area (Å²) in [4.78, 5) is 17.3. The molecule has 0 bridgehead atoms. The fraction of sp³-hybridized carbons (Fsp3) is 0.650. The van der Waals surface area contributed by atoms with E-state index in [1.165, 1.54) is 18.4 Å². The third-order valence-corrected chi connectivity index (χ3v) is 5.56. The van der Waals surface area contributed by atoms with E-state index < -0.39 is 0 Å². The van der Waals surface area contributed by atoms with Crippen molar-refractivity contribution < 1.29 is 9.90 Å². The summed E-state index contributed by atoms with van der Waals surface area (Å²) in [7, 11) is 0. The van der Waals surface area contributed by atoms with Gasteiger partial charge in [-0.3, -0.25) is 14.6 Å². The highest BCUT2D eigenvalue weighted by Crippen LogP contribution is 2.24. The number of nitrogens with one attached hydrogen (secondary N) is 1. The number of hydrogen-bond donors (Lipinski definition) is 2. The molecule has 2 saturated heterocycles. The number of amides is 1. The average Bonchev–Trinajstić information content (AvgIpc) is 2.67. The Morgan fingerprint density at radius 2 is 1.88 bits per heavy atom. The minimum Gasteiger partial charge on any atom is -0.395 e. The number of aliphatic hydroxyl groups excluding tert-OH is 1. The molecular formula is C20H31N3O2. The second kappa shape index (κ2) is 9.32. The van der Waals surface area contributed by atoms with Crippen molar-refractivity contribution in [1.82, 2.24) is 15.1 Å². The van der Waals surface area contributed by atoms with Gasteiger partial charge in [-0.2, -0.15) is 0 Å². The molecule has 2 fully saturated rings. The summed E-state index contributed by atoms with van der Waals surface area (Å²) in [5.41, 5.74) is 1.39. The lowest BCUT2D eigenvalue weighted by atomic mass is 9.93. The van der Waals surface area contributed by atoms with E-state index >= 15 is 0 Å². The number of carbonyl (C=O) groups excluding carboxylic acids is 1. The first-order valence-corrected chi connectivity index (χ1v) is 9.65. The zero-order valence-electron chi connectivity index (χ0n) is 15.1. The summed E-state index contributed by atoms with van der Waals surface area (Å²) in [5.74, 6) is 0.197. The molecule has 2 aliphatic heterocycles. The van der Waals surface area contributed by atoms with E-state index in [1.807, 2.05) is 0 Å². The minimum absolute atomic E-state index is 0.0159. The van der Waals surface area contributed by atoms with Crippen molar-refractivity contribution in [3.8, 4) is 0 Å². The number of benzene rings is 1. The summed E-state index contributed by atoms with van der Waals surface area (Å²) in [5, 5.41) is 11.7. The van der Waals surface area contributed by atoms with Gasteiger partial charge < -0.3 is 10.4 Å². The molecule has 2 heterocycles. The van der Waals surface area contributed by atoms with Gasteiger partial charge in [0.05, 0.1) is 12.5 Å². The van der Waals surface area contributed by atoms with E-state index in [1.54, 1.807) is 0 Å². The maximum atomic E-state index is 12.2. The van der Waals surface area contributed by atoms with E-state index in [9.17, 15) is 4.79 Å². The average molecular weight is 345 g/mol. The van der Waals surface area contributed by atoms with Crippen molar-refractivity contribution in [2.75, 3.05) is 39.3 Å². The summed E-state index contributed by atoms with van der Waals surface area (Å²) in [6, 6.07) is 11.3. The Bertz CT molecular complexity index is 529. The Kier molecular flexibility index (Phi) is 6.84. The Morgan fingerprint density at radius 3 is 2.60 bits per heavy atom. The van der Waals surface area contributed by atoms with Crippen molar-refractivity contribution in [3.63, 3.8) is 0 Å². The lowest BCUT2D eigenvalue weighted by molar-refractivity contribution is -0.127. The molecular weight excluding hydrogens is 314 g/mol. The highest BCUT2D eigenvalue weighted by Gasteiger charge is 2.31. The molecule has 0 spiro atoms. The maximum absolute atomic E-state index is 12.2. The molecule has 2 N–H and O–H groups in total. The molecule has 1 amide bonds. The van der Waals surface area contributed by atoms with E-state index in [4.69, 9.17) is 5.11 Å². The van der Waals surface area contributed by atoms with E-state index in [0.717, 1.165) is 45.6 Å². The SMILES string of the molecule is O=C(NCCO)C1CCCN(C2CCN(Cc3ccccc3)CC2)C1. The van der Waals surface area contributed by atoms with Crippen LogP contribution < -0.4 is 5.32 Å². The molecule has 2 aliphatic rings. The van der Waals surface area contributed by atoms with Crippen LogP contribution in [-0.4, -0.2) is 66.2 Å². The second-order valence-corrected chi connectivity index (χ2v) is 7.34. The van der Waals surface area contributed by atoms with Crippen LogP contribution >= 0.6 is 0 Å². The van der Waals surface area contributed by atoms with Crippen molar-refractivity contribution >= 4 is 5.91 Å². The monoisotopic (exact) mass is 345 g/mol. The van der Waals surface area contributed by atoms with Crippen LogP contribution in [0.1, 0.15) is 31.2 Å². The van der Waals surface area contributed by atoms with Gasteiger partial charge in [-0.1, -0.05) is 30.3 Å². The molecule has 0 aliphatic carbocycles. The van der Waals surface area contributed by atoms with Gasteiger partial charge in [0.15, 0.2) is 0 Å². The van der Waals surface area contributed by atoms with Crippen LogP contribution in [0.4, 0.5) is 0 Å².